The van der Waals surface area contributed by atoms with E-state index in [1.54, 1.807) is 19.5 Å². The third-order valence-corrected chi connectivity index (χ3v) is 2.88. The van der Waals surface area contributed by atoms with Crippen LogP contribution in [-0.4, -0.2) is 17.1 Å². The largest absolute Gasteiger partial charge is 0.495 e. The van der Waals surface area contributed by atoms with E-state index in [0.717, 1.165) is 28.3 Å². The number of rotatable bonds is 3. The van der Waals surface area contributed by atoms with E-state index >= 15 is 0 Å². The van der Waals surface area contributed by atoms with Crippen molar-refractivity contribution in [3.8, 4) is 22.9 Å². The fraction of sp³-hybridized carbons (Fsp3) is 0.333. The Morgan fingerprint density at radius 3 is 1.75 bits per heavy atom. The Kier molecular flexibility index (Phi) is 6.31. The predicted molar refractivity (Wildman–Crippen MR) is 84.5 cm³/mol. The standard InChI is InChI=1S/C13H14N2O2S.C2H6/c1-8-4-10(16-3)6-14-12(8)13-9(2)5-11(17-18)7-15-13;1-2/h4-7,18H,1-3H3;1-2H3. The summed E-state index contributed by atoms with van der Waals surface area (Å²) in [6.07, 6.45) is 3.31. The molecule has 2 aromatic rings. The van der Waals surface area contributed by atoms with E-state index in [1.807, 2.05) is 39.8 Å². The van der Waals surface area contributed by atoms with E-state index in [9.17, 15) is 0 Å². The van der Waals surface area contributed by atoms with Crippen molar-refractivity contribution >= 4 is 12.9 Å². The first-order valence-corrected chi connectivity index (χ1v) is 6.81. The molecule has 0 bridgehead atoms. The van der Waals surface area contributed by atoms with Gasteiger partial charge in [0.2, 0.25) is 0 Å². The molecule has 0 N–H and O–H groups in total. The molecule has 0 aliphatic heterocycles. The molecule has 0 atom stereocenters. The summed E-state index contributed by atoms with van der Waals surface area (Å²) in [4.78, 5) is 8.75. The number of pyridine rings is 2. The molecule has 0 unspecified atom stereocenters. The van der Waals surface area contributed by atoms with Crippen LogP contribution in [-0.2, 0) is 0 Å². The van der Waals surface area contributed by atoms with Gasteiger partial charge >= 0.3 is 0 Å². The van der Waals surface area contributed by atoms with Crippen molar-refractivity contribution in [2.75, 3.05) is 7.11 Å². The molecule has 0 spiro atoms. The molecule has 0 amide bonds. The lowest BCUT2D eigenvalue weighted by molar-refractivity contribution is 0.412. The Balaban J connectivity index is 0.000000956. The summed E-state index contributed by atoms with van der Waals surface area (Å²) in [5.41, 5.74) is 3.69. The summed E-state index contributed by atoms with van der Waals surface area (Å²) in [6.45, 7) is 7.94. The van der Waals surface area contributed by atoms with Crippen LogP contribution in [0.1, 0.15) is 25.0 Å². The van der Waals surface area contributed by atoms with E-state index in [1.165, 1.54) is 0 Å². The summed E-state index contributed by atoms with van der Waals surface area (Å²) < 4.78 is 9.98. The summed E-state index contributed by atoms with van der Waals surface area (Å²) >= 11 is 3.75. The van der Waals surface area contributed by atoms with Crippen molar-refractivity contribution in [1.82, 2.24) is 9.97 Å². The molecule has 4 nitrogen and oxygen atoms in total. The van der Waals surface area contributed by atoms with Gasteiger partial charge in [0.05, 0.1) is 30.9 Å². The lowest BCUT2D eigenvalue weighted by Crippen LogP contribution is -1.96. The van der Waals surface area contributed by atoms with Gasteiger partial charge in [-0.3, -0.25) is 9.97 Å². The van der Waals surface area contributed by atoms with E-state index in [4.69, 9.17) is 8.92 Å². The van der Waals surface area contributed by atoms with Crippen molar-refractivity contribution in [3.63, 3.8) is 0 Å². The lowest BCUT2D eigenvalue weighted by Gasteiger charge is -2.09. The zero-order valence-electron chi connectivity index (χ0n) is 12.5. The molecule has 0 aromatic carbocycles. The Bertz CT molecular complexity index is 522. The highest BCUT2D eigenvalue weighted by molar-refractivity contribution is 7.75. The first-order chi connectivity index (χ1) is 9.65. The first kappa shape index (κ1) is 16.3. The summed E-state index contributed by atoms with van der Waals surface area (Å²) in [5, 5.41) is 0. The molecule has 2 aromatic heterocycles. The van der Waals surface area contributed by atoms with Crippen LogP contribution in [0.15, 0.2) is 24.5 Å². The Hall–Kier alpha value is -1.75. The Labute approximate surface area is 125 Å². The molecule has 0 radical (unpaired) electrons. The van der Waals surface area contributed by atoms with Crippen LogP contribution in [0.2, 0.25) is 0 Å². The molecule has 2 heterocycles. The average Bonchev–Trinajstić information content (AvgIpc) is 2.49. The van der Waals surface area contributed by atoms with Crippen LogP contribution in [0.25, 0.3) is 11.4 Å². The molecule has 0 fully saturated rings. The van der Waals surface area contributed by atoms with Gasteiger partial charge in [-0.25, -0.2) is 0 Å². The highest BCUT2D eigenvalue weighted by atomic mass is 32.1. The van der Waals surface area contributed by atoms with Gasteiger partial charge in [0.25, 0.3) is 0 Å². The van der Waals surface area contributed by atoms with Gasteiger partial charge in [0.15, 0.2) is 5.75 Å². The van der Waals surface area contributed by atoms with E-state index in [0.29, 0.717) is 5.75 Å². The molecular formula is C15H20N2O2S. The molecule has 0 saturated carbocycles. The van der Waals surface area contributed by atoms with E-state index in [-0.39, 0.29) is 0 Å². The van der Waals surface area contributed by atoms with Crippen LogP contribution in [0.4, 0.5) is 0 Å². The minimum absolute atomic E-state index is 0.616. The van der Waals surface area contributed by atoms with Gasteiger partial charge in [-0.2, -0.15) is 0 Å². The van der Waals surface area contributed by atoms with Gasteiger partial charge in [-0.05, 0) is 37.1 Å². The van der Waals surface area contributed by atoms with Crippen molar-refractivity contribution in [2.24, 2.45) is 0 Å². The topological polar surface area (TPSA) is 44.2 Å². The molecule has 5 heteroatoms. The second kappa shape index (κ2) is 7.75. The van der Waals surface area contributed by atoms with Gasteiger partial charge in [-0.1, -0.05) is 13.8 Å². The van der Waals surface area contributed by atoms with Gasteiger partial charge in [0.1, 0.15) is 5.75 Å². The van der Waals surface area contributed by atoms with E-state index in [2.05, 4.69) is 22.9 Å². The molecule has 20 heavy (non-hydrogen) atoms. The zero-order valence-corrected chi connectivity index (χ0v) is 13.4. The monoisotopic (exact) mass is 292 g/mol. The third-order valence-electron chi connectivity index (χ3n) is 2.67. The number of aromatic nitrogens is 2. The minimum Gasteiger partial charge on any atom is -0.495 e. The minimum atomic E-state index is 0.616. The van der Waals surface area contributed by atoms with Gasteiger partial charge in [0, 0.05) is 12.9 Å². The SMILES string of the molecule is CC.COc1cnc(-c2ncc(OS)cc2C)c(C)c1. The van der Waals surface area contributed by atoms with Crippen molar-refractivity contribution in [2.45, 2.75) is 27.7 Å². The number of hydrogen-bond acceptors (Lipinski definition) is 5. The maximum atomic E-state index is 5.14. The first-order valence-electron chi connectivity index (χ1n) is 6.44. The number of ether oxygens (including phenoxy) is 1. The molecule has 0 aliphatic carbocycles. The highest BCUT2D eigenvalue weighted by Crippen LogP contribution is 2.27. The Morgan fingerprint density at radius 1 is 0.900 bits per heavy atom. The number of hydrogen-bond donors (Lipinski definition) is 1. The molecular weight excluding hydrogens is 272 g/mol. The summed E-state index contributed by atoms with van der Waals surface area (Å²) in [5.74, 6) is 1.36. The Morgan fingerprint density at radius 2 is 1.35 bits per heavy atom. The van der Waals surface area contributed by atoms with Gasteiger partial charge in [-0.15, -0.1) is 0 Å². The summed E-state index contributed by atoms with van der Waals surface area (Å²) in [6, 6.07) is 3.81. The zero-order chi connectivity index (χ0) is 15.1. The molecule has 2 rings (SSSR count). The van der Waals surface area contributed by atoms with Crippen molar-refractivity contribution in [3.05, 3.63) is 35.7 Å². The maximum absolute atomic E-state index is 5.14. The number of methoxy groups -OCH3 is 1. The van der Waals surface area contributed by atoms with Crippen LogP contribution in [0.5, 0.6) is 11.5 Å². The predicted octanol–water partition coefficient (Wildman–Crippen LogP) is 4.02. The molecule has 108 valence electrons. The van der Waals surface area contributed by atoms with Crippen LogP contribution >= 0.6 is 12.9 Å². The average molecular weight is 292 g/mol. The number of nitrogens with zero attached hydrogens (tertiary/aromatic N) is 2. The lowest BCUT2D eigenvalue weighted by atomic mass is 10.1. The third kappa shape index (κ3) is 3.63. The second-order valence-corrected chi connectivity index (χ2v) is 4.15. The van der Waals surface area contributed by atoms with E-state index < -0.39 is 0 Å². The smallest absolute Gasteiger partial charge is 0.155 e. The summed E-state index contributed by atoms with van der Waals surface area (Å²) in [7, 11) is 1.62. The normalized spacial score (nSPS) is 9.50. The van der Waals surface area contributed by atoms with Crippen molar-refractivity contribution < 1.29 is 8.92 Å². The van der Waals surface area contributed by atoms with Gasteiger partial charge < -0.3 is 8.92 Å². The van der Waals surface area contributed by atoms with Crippen LogP contribution in [0.3, 0.4) is 0 Å². The van der Waals surface area contributed by atoms with Crippen LogP contribution in [0, 0.1) is 13.8 Å². The van der Waals surface area contributed by atoms with Crippen LogP contribution < -0.4 is 8.92 Å². The fourth-order valence-electron chi connectivity index (χ4n) is 1.76. The number of thiol groups is 1. The fourth-order valence-corrected chi connectivity index (χ4v) is 1.86. The quantitative estimate of drug-likeness (QED) is 0.685. The molecule has 0 aliphatic rings. The highest BCUT2D eigenvalue weighted by Gasteiger charge is 2.10. The molecule has 0 saturated heterocycles. The maximum Gasteiger partial charge on any atom is 0.155 e. The second-order valence-electron chi connectivity index (χ2n) is 3.97. The van der Waals surface area contributed by atoms with Crippen molar-refractivity contribution in [1.29, 1.82) is 0 Å². The number of aryl methyl sites for hydroxylation is 2.